The number of carbonyl (C=O) groups is 1. The average Bonchev–Trinajstić information content (AvgIpc) is 3.08. The maximum absolute atomic E-state index is 12.3. The Labute approximate surface area is 159 Å². The van der Waals surface area contributed by atoms with Gasteiger partial charge in [0.25, 0.3) is 5.91 Å². The van der Waals surface area contributed by atoms with Gasteiger partial charge in [-0.25, -0.2) is 0 Å². The van der Waals surface area contributed by atoms with E-state index in [1.807, 2.05) is 12.1 Å². The van der Waals surface area contributed by atoms with E-state index in [1.54, 1.807) is 22.8 Å². The van der Waals surface area contributed by atoms with Gasteiger partial charge in [-0.1, -0.05) is 19.3 Å². The van der Waals surface area contributed by atoms with Crippen molar-refractivity contribution in [3.8, 4) is 0 Å². The van der Waals surface area contributed by atoms with Gasteiger partial charge in [0.1, 0.15) is 5.82 Å². The third-order valence-electron chi connectivity index (χ3n) is 4.54. The van der Waals surface area contributed by atoms with Crippen molar-refractivity contribution in [1.29, 1.82) is 0 Å². The molecule has 3 aromatic rings. The Morgan fingerprint density at radius 3 is 2.81 bits per heavy atom. The smallest absolute Gasteiger partial charge is 0.259 e. The number of anilines is 2. The molecule has 0 unspecified atom stereocenters. The van der Waals surface area contributed by atoms with Crippen LogP contribution in [-0.2, 0) is 0 Å². The largest absolute Gasteiger partial charge is 0.366 e. The molecule has 1 fully saturated rings. The molecule has 3 aromatic heterocycles. The highest BCUT2D eigenvalue weighted by atomic mass is 79.9. The van der Waals surface area contributed by atoms with E-state index in [0.717, 1.165) is 23.1 Å². The van der Waals surface area contributed by atoms with E-state index in [2.05, 4.69) is 41.6 Å². The molecular weight excluding hydrogens is 396 g/mol. The van der Waals surface area contributed by atoms with Crippen molar-refractivity contribution in [2.75, 3.05) is 10.6 Å². The van der Waals surface area contributed by atoms with Crippen molar-refractivity contribution in [1.82, 2.24) is 19.6 Å². The van der Waals surface area contributed by atoms with Crippen LogP contribution >= 0.6 is 15.9 Å². The first-order chi connectivity index (χ1) is 12.7. The van der Waals surface area contributed by atoms with Gasteiger partial charge in [-0.3, -0.25) is 15.1 Å². The molecule has 0 radical (unpaired) electrons. The van der Waals surface area contributed by atoms with E-state index >= 15 is 0 Å². The Bertz CT molecular complexity index is 920. The predicted molar refractivity (Wildman–Crippen MR) is 103 cm³/mol. The molecule has 1 saturated carbocycles. The van der Waals surface area contributed by atoms with Crippen LogP contribution in [0.1, 0.15) is 42.5 Å². The third kappa shape index (κ3) is 3.55. The Hall–Kier alpha value is -2.48. The summed E-state index contributed by atoms with van der Waals surface area (Å²) in [5.74, 6) is 0.849. The van der Waals surface area contributed by atoms with Crippen molar-refractivity contribution in [3.63, 3.8) is 0 Å². The van der Waals surface area contributed by atoms with Crippen LogP contribution < -0.4 is 10.6 Å². The van der Waals surface area contributed by atoms with Crippen LogP contribution in [0.15, 0.2) is 41.1 Å². The second-order valence-electron chi connectivity index (χ2n) is 6.41. The summed E-state index contributed by atoms with van der Waals surface area (Å²) in [6.45, 7) is 0. The van der Waals surface area contributed by atoms with E-state index in [0.29, 0.717) is 17.3 Å². The minimum absolute atomic E-state index is 0.267. The molecule has 0 atom stereocenters. The molecule has 0 bridgehead atoms. The van der Waals surface area contributed by atoms with Crippen LogP contribution in [0.2, 0.25) is 0 Å². The number of nitrogens with zero attached hydrogens (tertiary/aromatic N) is 4. The molecule has 7 nitrogen and oxygen atoms in total. The summed E-state index contributed by atoms with van der Waals surface area (Å²) in [5.41, 5.74) is 1.14. The molecule has 0 aromatic carbocycles. The average molecular weight is 415 g/mol. The summed E-state index contributed by atoms with van der Waals surface area (Å²) in [5, 5.41) is 10.8. The molecule has 1 aliphatic rings. The summed E-state index contributed by atoms with van der Waals surface area (Å²) >= 11 is 3.59. The maximum Gasteiger partial charge on any atom is 0.259 e. The lowest BCUT2D eigenvalue weighted by Crippen LogP contribution is -2.24. The quantitative estimate of drug-likeness (QED) is 0.676. The van der Waals surface area contributed by atoms with Gasteiger partial charge in [-0.2, -0.15) is 9.50 Å². The van der Waals surface area contributed by atoms with E-state index in [4.69, 9.17) is 0 Å². The van der Waals surface area contributed by atoms with Gasteiger partial charge in [0.15, 0.2) is 5.65 Å². The summed E-state index contributed by atoms with van der Waals surface area (Å²) in [6.07, 6.45) is 9.24. The fraction of sp³-hybridized carbons (Fsp3) is 0.333. The standard InChI is InChI=1S/C18H19BrN6O/c19-14-8-9-15-22-18(23-17(26)12-5-4-10-20-11-12)24-25(15)16(14)21-13-6-2-1-3-7-13/h4-5,8-11,13,21H,1-3,6-7H2,(H,23,24,26). The molecule has 2 N–H and O–H groups in total. The van der Waals surface area contributed by atoms with Crippen molar-refractivity contribution >= 4 is 39.3 Å². The number of halogens is 1. The van der Waals surface area contributed by atoms with Gasteiger partial charge in [0, 0.05) is 18.4 Å². The highest BCUT2D eigenvalue weighted by Crippen LogP contribution is 2.28. The monoisotopic (exact) mass is 414 g/mol. The molecule has 3 heterocycles. The number of aromatic nitrogens is 4. The number of hydrogen-bond donors (Lipinski definition) is 2. The first-order valence-corrected chi connectivity index (χ1v) is 9.53. The van der Waals surface area contributed by atoms with Gasteiger partial charge in [0.05, 0.1) is 10.0 Å². The molecule has 26 heavy (non-hydrogen) atoms. The Balaban J connectivity index is 1.60. The molecule has 1 amide bonds. The van der Waals surface area contributed by atoms with E-state index in [9.17, 15) is 4.79 Å². The second-order valence-corrected chi connectivity index (χ2v) is 7.26. The minimum Gasteiger partial charge on any atom is -0.366 e. The zero-order valence-electron chi connectivity index (χ0n) is 14.2. The molecule has 4 rings (SSSR count). The van der Waals surface area contributed by atoms with Crippen molar-refractivity contribution in [2.45, 2.75) is 38.1 Å². The summed E-state index contributed by atoms with van der Waals surface area (Å²) in [4.78, 5) is 20.7. The lowest BCUT2D eigenvalue weighted by molar-refractivity contribution is 0.102. The fourth-order valence-electron chi connectivity index (χ4n) is 3.22. The Morgan fingerprint density at radius 1 is 1.19 bits per heavy atom. The van der Waals surface area contributed by atoms with Crippen LogP contribution in [0.25, 0.3) is 5.65 Å². The van der Waals surface area contributed by atoms with E-state index in [1.165, 1.54) is 25.5 Å². The number of nitrogens with one attached hydrogen (secondary N) is 2. The first-order valence-electron chi connectivity index (χ1n) is 8.74. The van der Waals surface area contributed by atoms with E-state index < -0.39 is 0 Å². The molecule has 0 spiro atoms. The number of amides is 1. The van der Waals surface area contributed by atoms with Gasteiger partial charge in [-0.05, 0) is 53.0 Å². The highest BCUT2D eigenvalue weighted by molar-refractivity contribution is 9.10. The van der Waals surface area contributed by atoms with Crippen LogP contribution in [0.5, 0.6) is 0 Å². The number of pyridine rings is 2. The number of carbonyl (C=O) groups excluding carboxylic acids is 1. The number of fused-ring (bicyclic) bond motifs is 1. The van der Waals surface area contributed by atoms with E-state index in [-0.39, 0.29) is 11.9 Å². The fourth-order valence-corrected chi connectivity index (χ4v) is 3.63. The molecule has 1 aliphatic carbocycles. The zero-order valence-corrected chi connectivity index (χ0v) is 15.7. The molecule has 0 saturated heterocycles. The van der Waals surface area contributed by atoms with Crippen LogP contribution in [0, 0.1) is 0 Å². The lowest BCUT2D eigenvalue weighted by atomic mass is 9.95. The first kappa shape index (κ1) is 17.0. The third-order valence-corrected chi connectivity index (χ3v) is 5.18. The van der Waals surface area contributed by atoms with Gasteiger partial charge < -0.3 is 5.32 Å². The molecular formula is C18H19BrN6O. The van der Waals surface area contributed by atoms with Crippen molar-refractivity contribution in [2.24, 2.45) is 0 Å². The van der Waals surface area contributed by atoms with Crippen molar-refractivity contribution in [3.05, 3.63) is 46.7 Å². The predicted octanol–water partition coefficient (Wildman–Crippen LogP) is 3.88. The molecule has 134 valence electrons. The summed E-state index contributed by atoms with van der Waals surface area (Å²) in [7, 11) is 0. The number of rotatable bonds is 4. The SMILES string of the molecule is O=C(Nc1nc2ccc(Br)c(NC3CCCCC3)n2n1)c1cccnc1. The maximum atomic E-state index is 12.3. The summed E-state index contributed by atoms with van der Waals surface area (Å²) in [6, 6.07) is 7.66. The van der Waals surface area contributed by atoms with Crippen LogP contribution in [0.4, 0.5) is 11.8 Å². The zero-order chi connectivity index (χ0) is 17.9. The molecule has 8 heteroatoms. The minimum atomic E-state index is -0.283. The van der Waals surface area contributed by atoms with Crippen molar-refractivity contribution < 1.29 is 4.79 Å². The van der Waals surface area contributed by atoms with Crippen LogP contribution in [0.3, 0.4) is 0 Å². The van der Waals surface area contributed by atoms with Gasteiger partial charge in [-0.15, -0.1) is 5.10 Å². The normalized spacial score (nSPS) is 15.1. The Kier molecular flexibility index (Phi) is 4.83. The van der Waals surface area contributed by atoms with Gasteiger partial charge in [0.2, 0.25) is 5.95 Å². The van der Waals surface area contributed by atoms with Crippen LogP contribution in [-0.4, -0.2) is 31.5 Å². The highest BCUT2D eigenvalue weighted by Gasteiger charge is 2.18. The molecule has 0 aliphatic heterocycles. The Morgan fingerprint density at radius 2 is 2.04 bits per heavy atom. The topological polar surface area (TPSA) is 84.2 Å². The number of hydrogen-bond acceptors (Lipinski definition) is 5. The van der Waals surface area contributed by atoms with Gasteiger partial charge >= 0.3 is 0 Å². The second kappa shape index (κ2) is 7.41. The lowest BCUT2D eigenvalue weighted by Gasteiger charge is -2.24. The summed E-state index contributed by atoms with van der Waals surface area (Å²) < 4.78 is 2.66.